The first kappa shape index (κ1) is 14.4. The zero-order chi connectivity index (χ0) is 15.0. The Bertz CT molecular complexity index is 881. The van der Waals surface area contributed by atoms with E-state index in [9.17, 15) is 4.21 Å². The van der Waals surface area contributed by atoms with E-state index < -0.39 is 10.8 Å². The molecule has 2 unspecified atom stereocenters. The Morgan fingerprint density at radius 3 is 2.95 bits per heavy atom. The molecule has 6 heteroatoms. The Morgan fingerprint density at radius 1 is 1.43 bits per heavy atom. The largest absolute Gasteiger partial charge is 0.329 e. The Kier molecular flexibility index (Phi) is 3.91. The van der Waals surface area contributed by atoms with Crippen molar-refractivity contribution in [3.8, 4) is 0 Å². The lowest BCUT2D eigenvalue weighted by atomic mass is 10.2. The summed E-state index contributed by atoms with van der Waals surface area (Å²) in [4.78, 5) is 7.66. The smallest absolute Gasteiger partial charge is 0.178 e. The molecule has 0 aliphatic heterocycles. The number of aryl methyl sites for hydroxylation is 1. The number of nitrogens with one attached hydrogen (secondary N) is 1. The average molecular weight is 319 g/mol. The predicted molar refractivity (Wildman–Crippen MR) is 90.6 cm³/mol. The normalized spacial score (nSPS) is 14.6. The second kappa shape index (κ2) is 5.69. The predicted octanol–water partition coefficient (Wildman–Crippen LogP) is 3.40. The highest BCUT2D eigenvalue weighted by Crippen LogP contribution is 2.24. The van der Waals surface area contributed by atoms with Gasteiger partial charge in [-0.2, -0.15) is 0 Å². The Hall–Kier alpha value is -1.53. The fraction of sp³-hybridized carbons (Fsp3) is 0.333. The summed E-state index contributed by atoms with van der Waals surface area (Å²) in [5.41, 5.74) is 2.99. The number of aromatic nitrogens is 3. The topological polar surface area (TPSA) is 50.7 Å². The average Bonchev–Trinajstić information content (AvgIpc) is 2.80. The number of benzene rings is 1. The quantitative estimate of drug-likeness (QED) is 0.750. The minimum atomic E-state index is -0.809. The standard InChI is InChI=1S/C15H17N3OS2/c1-10(21(2)19)7-8-18-14-11-5-3-4-6-12(11)16-9-13(14)17-15(18)20/h3-6,9-10H,7-8H2,1-2H3,(H,17,20). The van der Waals surface area contributed by atoms with E-state index in [0.29, 0.717) is 4.77 Å². The van der Waals surface area contributed by atoms with Crippen LogP contribution in [0.1, 0.15) is 13.3 Å². The summed E-state index contributed by atoms with van der Waals surface area (Å²) >= 11 is 5.44. The fourth-order valence-corrected chi connectivity index (χ4v) is 3.21. The van der Waals surface area contributed by atoms with Gasteiger partial charge in [-0.05, 0) is 24.7 Å². The molecule has 1 N–H and O–H groups in total. The second-order valence-electron chi connectivity index (χ2n) is 5.22. The highest BCUT2D eigenvalue weighted by Gasteiger charge is 2.12. The third kappa shape index (κ3) is 2.65. The van der Waals surface area contributed by atoms with Crippen molar-refractivity contribution < 1.29 is 4.21 Å². The monoisotopic (exact) mass is 319 g/mol. The van der Waals surface area contributed by atoms with Crippen molar-refractivity contribution in [2.45, 2.75) is 25.1 Å². The molecule has 2 heterocycles. The van der Waals surface area contributed by atoms with E-state index in [2.05, 4.69) is 20.6 Å². The number of rotatable bonds is 4. The molecule has 1 aromatic carbocycles. The molecule has 0 amide bonds. The maximum atomic E-state index is 11.5. The van der Waals surface area contributed by atoms with Gasteiger partial charge in [0.2, 0.25) is 0 Å². The molecule has 0 radical (unpaired) electrons. The van der Waals surface area contributed by atoms with Crippen molar-refractivity contribution in [1.82, 2.24) is 14.5 Å². The molecule has 3 rings (SSSR count). The van der Waals surface area contributed by atoms with Crippen molar-refractivity contribution in [1.29, 1.82) is 0 Å². The third-order valence-corrected chi connectivity index (χ3v) is 5.52. The summed E-state index contributed by atoms with van der Waals surface area (Å²) in [6.45, 7) is 2.77. The minimum Gasteiger partial charge on any atom is -0.329 e. The van der Waals surface area contributed by atoms with Crippen molar-refractivity contribution in [2.24, 2.45) is 0 Å². The van der Waals surface area contributed by atoms with Crippen LogP contribution in [0.5, 0.6) is 0 Å². The van der Waals surface area contributed by atoms with Gasteiger partial charge in [-0.25, -0.2) is 0 Å². The number of para-hydroxylation sites is 1. The van der Waals surface area contributed by atoms with Crippen LogP contribution in [-0.4, -0.2) is 30.2 Å². The van der Waals surface area contributed by atoms with E-state index in [4.69, 9.17) is 12.2 Å². The third-order valence-electron chi connectivity index (χ3n) is 3.83. The van der Waals surface area contributed by atoms with Crippen LogP contribution < -0.4 is 0 Å². The van der Waals surface area contributed by atoms with Crippen LogP contribution >= 0.6 is 12.2 Å². The molecule has 0 aliphatic carbocycles. The summed E-state index contributed by atoms with van der Waals surface area (Å²) < 4.78 is 14.3. The summed E-state index contributed by atoms with van der Waals surface area (Å²) in [7, 11) is -0.809. The molecule has 0 saturated carbocycles. The van der Waals surface area contributed by atoms with Crippen LogP contribution in [0, 0.1) is 4.77 Å². The van der Waals surface area contributed by atoms with E-state index in [1.54, 1.807) is 6.26 Å². The number of pyridine rings is 1. The van der Waals surface area contributed by atoms with Crippen molar-refractivity contribution in [3.63, 3.8) is 0 Å². The van der Waals surface area contributed by atoms with Crippen LogP contribution in [0.15, 0.2) is 30.5 Å². The van der Waals surface area contributed by atoms with Crippen LogP contribution in [0.2, 0.25) is 0 Å². The van der Waals surface area contributed by atoms with Gasteiger partial charge in [0.15, 0.2) is 4.77 Å². The number of fused-ring (bicyclic) bond motifs is 3. The number of aromatic amines is 1. The lowest BCUT2D eigenvalue weighted by molar-refractivity contribution is 0.625. The molecular weight excluding hydrogens is 302 g/mol. The van der Waals surface area contributed by atoms with Crippen LogP contribution in [0.25, 0.3) is 21.9 Å². The number of H-pyrrole nitrogens is 1. The maximum absolute atomic E-state index is 11.5. The van der Waals surface area contributed by atoms with Gasteiger partial charge in [-0.3, -0.25) is 9.19 Å². The van der Waals surface area contributed by atoms with Crippen LogP contribution in [-0.2, 0) is 17.3 Å². The van der Waals surface area contributed by atoms with Crippen molar-refractivity contribution in [3.05, 3.63) is 35.2 Å². The zero-order valence-electron chi connectivity index (χ0n) is 12.0. The van der Waals surface area contributed by atoms with E-state index in [0.717, 1.165) is 34.9 Å². The highest BCUT2D eigenvalue weighted by molar-refractivity contribution is 7.84. The first-order chi connectivity index (χ1) is 10.1. The second-order valence-corrected chi connectivity index (χ2v) is 7.41. The minimum absolute atomic E-state index is 0.157. The summed E-state index contributed by atoms with van der Waals surface area (Å²) in [5.74, 6) is 0. The van der Waals surface area contributed by atoms with Gasteiger partial charge in [0.1, 0.15) is 0 Å². The van der Waals surface area contributed by atoms with Gasteiger partial charge >= 0.3 is 0 Å². The number of imidazole rings is 1. The molecule has 3 aromatic rings. The Labute approximate surface area is 130 Å². The Balaban J connectivity index is 2.13. The maximum Gasteiger partial charge on any atom is 0.178 e. The molecule has 0 spiro atoms. The highest BCUT2D eigenvalue weighted by atomic mass is 32.2. The zero-order valence-corrected chi connectivity index (χ0v) is 13.6. The molecule has 4 nitrogen and oxygen atoms in total. The SMILES string of the molecule is CC(CCn1c(=S)[nH]c2cnc3ccccc3c21)S(C)=O. The van der Waals surface area contributed by atoms with Crippen molar-refractivity contribution in [2.75, 3.05) is 6.26 Å². The van der Waals surface area contributed by atoms with E-state index in [1.807, 2.05) is 31.3 Å². The van der Waals surface area contributed by atoms with E-state index >= 15 is 0 Å². The lowest BCUT2D eigenvalue weighted by Gasteiger charge is -2.10. The molecule has 0 saturated heterocycles. The van der Waals surface area contributed by atoms with Gasteiger partial charge in [0.25, 0.3) is 0 Å². The summed E-state index contributed by atoms with van der Waals surface area (Å²) in [6.07, 6.45) is 4.41. The molecular formula is C15H17N3OS2. The summed E-state index contributed by atoms with van der Waals surface area (Å²) in [6, 6.07) is 8.05. The molecule has 0 aliphatic rings. The van der Waals surface area contributed by atoms with Crippen LogP contribution in [0.3, 0.4) is 0 Å². The van der Waals surface area contributed by atoms with E-state index in [1.165, 1.54) is 0 Å². The first-order valence-electron chi connectivity index (χ1n) is 6.86. The van der Waals surface area contributed by atoms with Gasteiger partial charge in [0, 0.05) is 34.2 Å². The Morgan fingerprint density at radius 2 is 2.19 bits per heavy atom. The fourth-order valence-electron chi connectivity index (χ4n) is 2.48. The molecule has 110 valence electrons. The molecule has 0 fully saturated rings. The number of nitrogens with zero attached hydrogens (tertiary/aromatic N) is 2. The molecule has 0 bridgehead atoms. The summed E-state index contributed by atoms with van der Waals surface area (Å²) in [5, 5.41) is 1.25. The number of hydrogen-bond donors (Lipinski definition) is 1. The van der Waals surface area contributed by atoms with Crippen LogP contribution in [0.4, 0.5) is 0 Å². The van der Waals surface area contributed by atoms with Gasteiger partial charge in [-0.15, -0.1) is 0 Å². The lowest BCUT2D eigenvalue weighted by Crippen LogP contribution is -2.13. The van der Waals surface area contributed by atoms with Gasteiger partial charge < -0.3 is 9.55 Å². The molecule has 21 heavy (non-hydrogen) atoms. The first-order valence-corrected chi connectivity index (χ1v) is 8.89. The molecule has 2 aromatic heterocycles. The van der Waals surface area contributed by atoms with Gasteiger partial charge in [-0.1, -0.05) is 25.1 Å². The van der Waals surface area contributed by atoms with Gasteiger partial charge in [0.05, 0.1) is 22.7 Å². The van der Waals surface area contributed by atoms with E-state index in [-0.39, 0.29) is 5.25 Å². The van der Waals surface area contributed by atoms with Crippen molar-refractivity contribution >= 4 is 45.0 Å². The molecule has 2 atom stereocenters. The number of hydrogen-bond acceptors (Lipinski definition) is 3.